The topological polar surface area (TPSA) is 81.1 Å². The number of piperidine rings is 1. The first-order valence-electron chi connectivity index (χ1n) is 10.8. The Hall–Kier alpha value is -3.19. The molecule has 0 atom stereocenters. The number of amides is 1. The fourth-order valence-electron chi connectivity index (χ4n) is 4.49. The van der Waals surface area contributed by atoms with E-state index in [1.54, 1.807) is 18.6 Å². The number of ether oxygens (including phenoxy) is 1. The molecule has 2 aliphatic rings. The van der Waals surface area contributed by atoms with Crippen LogP contribution < -0.4 is 0 Å². The summed E-state index contributed by atoms with van der Waals surface area (Å²) < 4.78 is 6.33. The summed E-state index contributed by atoms with van der Waals surface area (Å²) >= 11 is 0. The Morgan fingerprint density at radius 1 is 1.06 bits per heavy atom. The lowest BCUT2D eigenvalue weighted by Gasteiger charge is -2.44. The molecule has 3 aromatic rings. The van der Waals surface area contributed by atoms with Crippen LogP contribution in [0.1, 0.15) is 36.2 Å². The van der Waals surface area contributed by atoms with Crippen LogP contribution in [0.3, 0.4) is 0 Å². The molecule has 31 heavy (non-hydrogen) atoms. The van der Waals surface area contributed by atoms with E-state index >= 15 is 0 Å². The van der Waals surface area contributed by atoms with Gasteiger partial charge in [-0.25, -0.2) is 9.97 Å². The van der Waals surface area contributed by atoms with Crippen LogP contribution in [-0.4, -0.2) is 50.4 Å². The standard InChI is InChI=1S/C24H25N5O2/c30-21(7-6-20-17-25-11-12-26-20)29-13-9-24(10-14-29)22-19(8-15-31-24)16-27-23(28-22)18-4-2-1-3-5-18/h1-5,11-12,16-17H,6-10,13-15H2. The molecular weight excluding hydrogens is 390 g/mol. The summed E-state index contributed by atoms with van der Waals surface area (Å²) in [7, 11) is 0. The number of hydrogen-bond acceptors (Lipinski definition) is 6. The third kappa shape index (κ3) is 4.05. The smallest absolute Gasteiger partial charge is 0.222 e. The Kier molecular flexibility index (Phi) is 5.42. The average molecular weight is 415 g/mol. The molecule has 1 aromatic carbocycles. The first kappa shape index (κ1) is 19.8. The third-order valence-corrected chi connectivity index (χ3v) is 6.21. The van der Waals surface area contributed by atoms with Gasteiger partial charge in [0.05, 0.1) is 18.0 Å². The van der Waals surface area contributed by atoms with Crippen LogP contribution in [0.25, 0.3) is 11.4 Å². The van der Waals surface area contributed by atoms with Crippen LogP contribution in [0.15, 0.2) is 55.1 Å². The SMILES string of the molecule is O=C(CCc1cnccn1)N1CCC2(CC1)OCCc1cnc(-c3ccccc3)nc12. The van der Waals surface area contributed by atoms with Gasteiger partial charge in [-0.05, 0) is 31.2 Å². The maximum Gasteiger partial charge on any atom is 0.222 e. The van der Waals surface area contributed by atoms with E-state index in [-0.39, 0.29) is 5.91 Å². The Balaban J connectivity index is 1.30. The second-order valence-electron chi connectivity index (χ2n) is 8.10. The van der Waals surface area contributed by atoms with Crippen molar-refractivity contribution in [2.24, 2.45) is 0 Å². The van der Waals surface area contributed by atoms with E-state index in [1.807, 2.05) is 41.4 Å². The van der Waals surface area contributed by atoms with Gasteiger partial charge in [0, 0.05) is 49.9 Å². The Morgan fingerprint density at radius 2 is 1.90 bits per heavy atom. The zero-order valence-corrected chi connectivity index (χ0v) is 17.4. The second-order valence-corrected chi connectivity index (χ2v) is 8.10. The molecule has 7 nitrogen and oxygen atoms in total. The summed E-state index contributed by atoms with van der Waals surface area (Å²) in [6.07, 6.45) is 10.4. The maximum atomic E-state index is 12.7. The molecule has 5 rings (SSSR count). The molecule has 7 heteroatoms. The van der Waals surface area contributed by atoms with E-state index in [4.69, 9.17) is 9.72 Å². The monoisotopic (exact) mass is 415 g/mol. The maximum absolute atomic E-state index is 12.7. The molecule has 0 aliphatic carbocycles. The predicted molar refractivity (Wildman–Crippen MR) is 115 cm³/mol. The van der Waals surface area contributed by atoms with Crippen LogP contribution in [0, 0.1) is 0 Å². The number of aryl methyl sites for hydroxylation is 1. The lowest BCUT2D eigenvalue weighted by atomic mass is 9.83. The fourth-order valence-corrected chi connectivity index (χ4v) is 4.49. The molecule has 1 saturated heterocycles. The molecule has 1 amide bonds. The van der Waals surface area contributed by atoms with Crippen LogP contribution in [-0.2, 0) is 28.0 Å². The summed E-state index contributed by atoms with van der Waals surface area (Å²) in [6.45, 7) is 2.01. The Bertz CT molecular complexity index is 1050. The van der Waals surface area contributed by atoms with Gasteiger partial charge < -0.3 is 9.64 Å². The van der Waals surface area contributed by atoms with Crippen molar-refractivity contribution < 1.29 is 9.53 Å². The second kappa shape index (κ2) is 8.51. The molecule has 0 saturated carbocycles. The number of rotatable bonds is 4. The highest BCUT2D eigenvalue weighted by molar-refractivity contribution is 5.76. The van der Waals surface area contributed by atoms with Crippen molar-refractivity contribution in [3.63, 3.8) is 0 Å². The number of likely N-dealkylation sites (tertiary alicyclic amines) is 1. The number of aromatic nitrogens is 4. The van der Waals surface area contributed by atoms with Crippen molar-refractivity contribution in [1.82, 2.24) is 24.8 Å². The number of benzene rings is 1. The normalized spacial score (nSPS) is 17.4. The molecule has 2 aromatic heterocycles. The van der Waals surface area contributed by atoms with Crippen molar-refractivity contribution >= 4 is 5.91 Å². The summed E-state index contributed by atoms with van der Waals surface area (Å²) in [4.78, 5) is 32.5. The van der Waals surface area contributed by atoms with Crippen LogP contribution >= 0.6 is 0 Å². The lowest BCUT2D eigenvalue weighted by molar-refractivity contribution is -0.141. The predicted octanol–water partition coefficient (Wildman–Crippen LogP) is 2.96. The number of hydrogen-bond donors (Lipinski definition) is 0. The van der Waals surface area contributed by atoms with E-state index < -0.39 is 5.60 Å². The Morgan fingerprint density at radius 3 is 2.68 bits per heavy atom. The largest absolute Gasteiger partial charge is 0.368 e. The van der Waals surface area contributed by atoms with E-state index in [0.29, 0.717) is 32.5 Å². The minimum Gasteiger partial charge on any atom is -0.368 e. The summed E-state index contributed by atoms with van der Waals surface area (Å²) in [6, 6.07) is 10.0. The van der Waals surface area contributed by atoms with Crippen molar-refractivity contribution in [3.8, 4) is 11.4 Å². The van der Waals surface area contributed by atoms with E-state index in [2.05, 4.69) is 15.0 Å². The number of fused-ring (bicyclic) bond motifs is 2. The summed E-state index contributed by atoms with van der Waals surface area (Å²) in [5.74, 6) is 0.885. The molecule has 4 heterocycles. The minimum absolute atomic E-state index is 0.157. The minimum atomic E-state index is -0.429. The van der Waals surface area contributed by atoms with Gasteiger partial charge >= 0.3 is 0 Å². The molecule has 0 radical (unpaired) electrons. The highest BCUT2D eigenvalue weighted by atomic mass is 16.5. The van der Waals surface area contributed by atoms with Crippen molar-refractivity contribution in [2.45, 2.75) is 37.7 Å². The summed E-state index contributed by atoms with van der Waals surface area (Å²) in [5.41, 5.74) is 3.58. The van der Waals surface area contributed by atoms with Gasteiger partial charge in [0.1, 0.15) is 5.60 Å². The molecule has 2 aliphatic heterocycles. The summed E-state index contributed by atoms with van der Waals surface area (Å²) in [5, 5.41) is 0. The van der Waals surface area contributed by atoms with Crippen LogP contribution in [0.5, 0.6) is 0 Å². The van der Waals surface area contributed by atoms with Crippen LogP contribution in [0.4, 0.5) is 0 Å². The first-order chi connectivity index (χ1) is 15.2. The first-order valence-corrected chi connectivity index (χ1v) is 10.8. The molecular formula is C24H25N5O2. The zero-order valence-electron chi connectivity index (χ0n) is 17.4. The number of nitrogens with zero attached hydrogens (tertiary/aromatic N) is 5. The van der Waals surface area contributed by atoms with E-state index in [0.717, 1.165) is 47.6 Å². The van der Waals surface area contributed by atoms with Crippen molar-refractivity contribution in [2.75, 3.05) is 19.7 Å². The van der Waals surface area contributed by atoms with Gasteiger partial charge in [-0.2, -0.15) is 0 Å². The molecule has 1 fully saturated rings. The van der Waals surface area contributed by atoms with Gasteiger partial charge in [-0.1, -0.05) is 30.3 Å². The third-order valence-electron chi connectivity index (χ3n) is 6.21. The van der Waals surface area contributed by atoms with Gasteiger partial charge in [0.2, 0.25) is 5.91 Å². The van der Waals surface area contributed by atoms with Crippen molar-refractivity contribution in [1.29, 1.82) is 0 Å². The zero-order chi connectivity index (χ0) is 21.1. The fraction of sp³-hybridized carbons (Fsp3) is 0.375. The van der Waals surface area contributed by atoms with Gasteiger partial charge in [-0.15, -0.1) is 0 Å². The molecule has 0 unspecified atom stereocenters. The highest BCUT2D eigenvalue weighted by Gasteiger charge is 2.43. The Labute approximate surface area is 181 Å². The highest BCUT2D eigenvalue weighted by Crippen LogP contribution is 2.41. The molecule has 158 valence electrons. The molecule has 1 spiro atoms. The van der Waals surface area contributed by atoms with Gasteiger partial charge in [0.15, 0.2) is 5.82 Å². The number of carbonyl (C=O) groups excluding carboxylic acids is 1. The van der Waals surface area contributed by atoms with E-state index in [9.17, 15) is 4.79 Å². The molecule has 0 bridgehead atoms. The lowest BCUT2D eigenvalue weighted by Crippen LogP contribution is -2.49. The van der Waals surface area contributed by atoms with Crippen LogP contribution in [0.2, 0.25) is 0 Å². The quantitative estimate of drug-likeness (QED) is 0.652. The van der Waals surface area contributed by atoms with E-state index in [1.165, 1.54) is 0 Å². The van der Waals surface area contributed by atoms with Gasteiger partial charge in [0.25, 0.3) is 0 Å². The number of carbonyl (C=O) groups is 1. The van der Waals surface area contributed by atoms with Crippen molar-refractivity contribution in [3.05, 3.63) is 72.1 Å². The van der Waals surface area contributed by atoms with Gasteiger partial charge in [-0.3, -0.25) is 14.8 Å². The molecule has 0 N–H and O–H groups in total. The average Bonchev–Trinajstić information content (AvgIpc) is 2.84.